The molecule has 0 aliphatic rings. The number of alkyl halides is 3. The van der Waals surface area contributed by atoms with Gasteiger partial charge < -0.3 is 10.4 Å². The number of hydrogen-bond donors (Lipinski definition) is 2. The zero-order valence-corrected chi connectivity index (χ0v) is 10.9. The van der Waals surface area contributed by atoms with Gasteiger partial charge in [-0.1, -0.05) is 31.5 Å². The second-order valence-corrected chi connectivity index (χ2v) is 5.24. The summed E-state index contributed by atoms with van der Waals surface area (Å²) >= 11 is 5.78. The molecule has 0 heterocycles. The molecular formula is C12H15ClF3NO. The number of rotatable bonds is 4. The molecule has 0 bridgehead atoms. The van der Waals surface area contributed by atoms with Gasteiger partial charge in [-0.05, 0) is 12.1 Å². The lowest BCUT2D eigenvalue weighted by Crippen LogP contribution is -2.27. The molecule has 102 valence electrons. The molecule has 0 spiro atoms. The summed E-state index contributed by atoms with van der Waals surface area (Å²) in [5.74, 6) is 0. The number of aliphatic hydroxyl groups excluding tert-OH is 1. The van der Waals surface area contributed by atoms with Gasteiger partial charge >= 0.3 is 6.18 Å². The van der Waals surface area contributed by atoms with E-state index in [1.165, 1.54) is 12.1 Å². The number of aliphatic hydroxyl groups is 1. The van der Waals surface area contributed by atoms with Crippen LogP contribution in [-0.4, -0.2) is 18.3 Å². The van der Waals surface area contributed by atoms with E-state index in [9.17, 15) is 13.2 Å². The normalized spacial score (nSPS) is 12.6. The highest BCUT2D eigenvalue weighted by Gasteiger charge is 2.34. The van der Waals surface area contributed by atoms with Gasteiger partial charge in [0.1, 0.15) is 0 Å². The maximum Gasteiger partial charge on any atom is 0.418 e. The van der Waals surface area contributed by atoms with Gasteiger partial charge in [0, 0.05) is 18.6 Å². The number of anilines is 1. The SMILES string of the molecule is CC(C)(CO)CNc1c(Cl)cccc1C(F)(F)F. The predicted octanol–water partition coefficient (Wildman–Crippen LogP) is 3.79. The van der Waals surface area contributed by atoms with E-state index in [2.05, 4.69) is 5.32 Å². The highest BCUT2D eigenvalue weighted by atomic mass is 35.5. The number of nitrogens with one attached hydrogen (secondary N) is 1. The predicted molar refractivity (Wildman–Crippen MR) is 65.8 cm³/mol. The van der Waals surface area contributed by atoms with Crippen molar-refractivity contribution in [2.24, 2.45) is 5.41 Å². The van der Waals surface area contributed by atoms with Crippen LogP contribution in [-0.2, 0) is 6.18 Å². The highest BCUT2D eigenvalue weighted by molar-refractivity contribution is 6.33. The molecule has 18 heavy (non-hydrogen) atoms. The number of para-hydroxylation sites is 1. The molecule has 2 N–H and O–H groups in total. The summed E-state index contributed by atoms with van der Waals surface area (Å²) in [5, 5.41) is 11.8. The van der Waals surface area contributed by atoms with Crippen molar-refractivity contribution >= 4 is 17.3 Å². The topological polar surface area (TPSA) is 32.3 Å². The zero-order chi connectivity index (χ0) is 14.0. The minimum atomic E-state index is -4.46. The molecule has 0 saturated carbocycles. The number of hydrogen-bond acceptors (Lipinski definition) is 2. The summed E-state index contributed by atoms with van der Waals surface area (Å²) in [4.78, 5) is 0. The summed E-state index contributed by atoms with van der Waals surface area (Å²) in [6.45, 7) is 3.54. The molecule has 0 amide bonds. The Balaban J connectivity index is 3.01. The second kappa shape index (κ2) is 5.36. The molecule has 0 radical (unpaired) electrons. The fourth-order valence-electron chi connectivity index (χ4n) is 1.32. The number of benzene rings is 1. The molecular weight excluding hydrogens is 267 g/mol. The van der Waals surface area contributed by atoms with Crippen molar-refractivity contribution in [3.8, 4) is 0 Å². The van der Waals surface area contributed by atoms with Gasteiger partial charge in [-0.15, -0.1) is 0 Å². The van der Waals surface area contributed by atoms with Crippen LogP contribution < -0.4 is 5.32 Å². The maximum absolute atomic E-state index is 12.8. The molecule has 0 saturated heterocycles. The molecule has 1 aromatic rings. The molecule has 1 aromatic carbocycles. The van der Waals surface area contributed by atoms with Gasteiger partial charge in [0.2, 0.25) is 0 Å². The third-order valence-corrected chi connectivity index (χ3v) is 2.81. The molecule has 6 heteroatoms. The smallest absolute Gasteiger partial charge is 0.396 e. The Hall–Kier alpha value is -0.940. The molecule has 0 aliphatic heterocycles. The average Bonchev–Trinajstić information content (AvgIpc) is 2.26. The zero-order valence-electron chi connectivity index (χ0n) is 10.1. The van der Waals surface area contributed by atoms with E-state index >= 15 is 0 Å². The minimum absolute atomic E-state index is 0.0126. The van der Waals surface area contributed by atoms with Crippen LogP contribution in [0.3, 0.4) is 0 Å². The summed E-state index contributed by atoms with van der Waals surface area (Å²) in [6.07, 6.45) is -4.46. The van der Waals surface area contributed by atoms with Gasteiger partial charge in [-0.25, -0.2) is 0 Å². The summed E-state index contributed by atoms with van der Waals surface area (Å²) in [5.41, 5.74) is -1.47. The first-order valence-corrected chi connectivity index (χ1v) is 5.75. The van der Waals surface area contributed by atoms with Crippen LogP contribution in [0.25, 0.3) is 0 Å². The summed E-state index contributed by atoms with van der Waals surface area (Å²) in [7, 11) is 0. The van der Waals surface area contributed by atoms with Crippen LogP contribution in [0.1, 0.15) is 19.4 Å². The van der Waals surface area contributed by atoms with E-state index in [1.54, 1.807) is 13.8 Å². The lowest BCUT2D eigenvalue weighted by atomic mass is 9.94. The van der Waals surface area contributed by atoms with Gasteiger partial charge in [-0.3, -0.25) is 0 Å². The van der Waals surface area contributed by atoms with Crippen molar-refractivity contribution < 1.29 is 18.3 Å². The van der Waals surface area contributed by atoms with Crippen molar-refractivity contribution in [3.63, 3.8) is 0 Å². The van der Waals surface area contributed by atoms with Crippen molar-refractivity contribution in [3.05, 3.63) is 28.8 Å². The third-order valence-electron chi connectivity index (χ3n) is 2.49. The van der Waals surface area contributed by atoms with Crippen LogP contribution in [0.4, 0.5) is 18.9 Å². The first-order chi connectivity index (χ1) is 8.17. The van der Waals surface area contributed by atoms with Crippen LogP contribution in [0.5, 0.6) is 0 Å². The van der Waals surface area contributed by atoms with E-state index in [1.807, 2.05) is 0 Å². The monoisotopic (exact) mass is 281 g/mol. The molecule has 2 nitrogen and oxygen atoms in total. The molecule has 0 aromatic heterocycles. The third kappa shape index (κ3) is 3.78. The Morgan fingerprint density at radius 1 is 1.28 bits per heavy atom. The van der Waals surface area contributed by atoms with E-state index in [4.69, 9.17) is 16.7 Å². The van der Waals surface area contributed by atoms with E-state index in [0.717, 1.165) is 6.07 Å². The maximum atomic E-state index is 12.8. The van der Waals surface area contributed by atoms with Gasteiger partial charge in [0.05, 0.1) is 16.3 Å². The summed E-state index contributed by atoms with van der Waals surface area (Å²) < 4.78 is 38.3. The standard InChI is InChI=1S/C12H15ClF3NO/c1-11(2,7-18)6-17-10-8(12(14,15)16)4-3-5-9(10)13/h3-5,17-18H,6-7H2,1-2H3. The molecule has 0 aliphatic carbocycles. The lowest BCUT2D eigenvalue weighted by Gasteiger charge is -2.24. The largest absolute Gasteiger partial charge is 0.418 e. The summed E-state index contributed by atoms with van der Waals surface area (Å²) in [6, 6.07) is 3.62. The van der Waals surface area contributed by atoms with Gasteiger partial charge in [0.15, 0.2) is 0 Å². The molecule has 0 fully saturated rings. The van der Waals surface area contributed by atoms with E-state index < -0.39 is 17.2 Å². The Morgan fingerprint density at radius 3 is 2.39 bits per heavy atom. The lowest BCUT2D eigenvalue weighted by molar-refractivity contribution is -0.137. The second-order valence-electron chi connectivity index (χ2n) is 4.84. The quantitative estimate of drug-likeness (QED) is 0.880. The first-order valence-electron chi connectivity index (χ1n) is 5.38. The average molecular weight is 282 g/mol. The van der Waals surface area contributed by atoms with Crippen molar-refractivity contribution in [2.45, 2.75) is 20.0 Å². The van der Waals surface area contributed by atoms with E-state index in [0.29, 0.717) is 0 Å². The highest BCUT2D eigenvalue weighted by Crippen LogP contribution is 2.38. The van der Waals surface area contributed by atoms with Gasteiger partial charge in [0.25, 0.3) is 0 Å². The van der Waals surface area contributed by atoms with Crippen LogP contribution in [0.2, 0.25) is 5.02 Å². The fraction of sp³-hybridized carbons (Fsp3) is 0.500. The molecule has 1 rings (SSSR count). The van der Waals surface area contributed by atoms with Crippen molar-refractivity contribution in [1.29, 1.82) is 0 Å². The van der Waals surface area contributed by atoms with Gasteiger partial charge in [-0.2, -0.15) is 13.2 Å². The van der Waals surface area contributed by atoms with Crippen LogP contribution in [0.15, 0.2) is 18.2 Å². The Morgan fingerprint density at radius 2 is 1.89 bits per heavy atom. The van der Waals surface area contributed by atoms with Crippen molar-refractivity contribution in [2.75, 3.05) is 18.5 Å². The molecule has 0 atom stereocenters. The van der Waals surface area contributed by atoms with Crippen LogP contribution >= 0.6 is 11.6 Å². The Labute approximate surface area is 109 Å². The van der Waals surface area contributed by atoms with E-state index in [-0.39, 0.29) is 23.9 Å². The Kier molecular flexibility index (Phi) is 4.50. The Bertz CT molecular complexity index is 418. The van der Waals surface area contributed by atoms with Crippen LogP contribution in [0, 0.1) is 5.41 Å². The first kappa shape index (κ1) is 15.1. The number of halogens is 4. The molecule has 0 unspecified atom stereocenters. The fourth-order valence-corrected chi connectivity index (χ4v) is 1.56. The minimum Gasteiger partial charge on any atom is -0.396 e. The van der Waals surface area contributed by atoms with Crippen molar-refractivity contribution in [1.82, 2.24) is 0 Å².